The zero-order valence-corrected chi connectivity index (χ0v) is 14.8. The van der Waals surface area contributed by atoms with Gasteiger partial charge in [0, 0.05) is 19.1 Å². The van der Waals surface area contributed by atoms with E-state index in [0.29, 0.717) is 23.1 Å². The number of hydrogen-bond acceptors (Lipinski definition) is 4. The zero-order valence-electron chi connectivity index (χ0n) is 14.8. The van der Waals surface area contributed by atoms with E-state index in [4.69, 9.17) is 9.47 Å². The van der Waals surface area contributed by atoms with Crippen molar-refractivity contribution >= 4 is 5.91 Å². The number of amides is 1. The number of hydrogen-bond donors (Lipinski definition) is 0. The lowest BCUT2D eigenvalue weighted by Gasteiger charge is -2.40. The van der Waals surface area contributed by atoms with E-state index in [9.17, 15) is 4.79 Å². The highest BCUT2D eigenvalue weighted by atomic mass is 16.5. The van der Waals surface area contributed by atoms with Gasteiger partial charge in [-0.05, 0) is 50.9 Å². The Bertz CT molecular complexity index is 539. The van der Waals surface area contributed by atoms with Crippen LogP contribution in [-0.4, -0.2) is 62.1 Å². The number of nitrogens with zero attached hydrogens (tertiary/aromatic N) is 2. The fourth-order valence-corrected chi connectivity index (χ4v) is 3.94. The zero-order chi connectivity index (χ0) is 16.9. The third-order valence-corrected chi connectivity index (χ3v) is 5.30. The van der Waals surface area contributed by atoms with E-state index in [1.54, 1.807) is 14.2 Å². The molecule has 2 heterocycles. The van der Waals surface area contributed by atoms with Crippen LogP contribution in [0.4, 0.5) is 0 Å². The number of piperidine rings is 2. The summed E-state index contributed by atoms with van der Waals surface area (Å²) in [5.41, 5.74) is 0.541. The van der Waals surface area contributed by atoms with Crippen LogP contribution in [0.15, 0.2) is 18.2 Å². The Hall–Kier alpha value is -1.75. The predicted octanol–water partition coefficient (Wildman–Crippen LogP) is 2.79. The summed E-state index contributed by atoms with van der Waals surface area (Å²) in [6.07, 6.45) is 6.11. The highest BCUT2D eigenvalue weighted by Crippen LogP contribution is 2.31. The maximum Gasteiger partial charge on any atom is 0.261 e. The van der Waals surface area contributed by atoms with Crippen molar-refractivity contribution in [2.45, 2.75) is 38.1 Å². The Morgan fingerprint density at radius 1 is 0.958 bits per heavy atom. The fourth-order valence-electron chi connectivity index (χ4n) is 3.94. The van der Waals surface area contributed by atoms with Crippen molar-refractivity contribution in [3.63, 3.8) is 0 Å². The van der Waals surface area contributed by atoms with E-state index in [2.05, 4.69) is 4.90 Å². The van der Waals surface area contributed by atoms with Gasteiger partial charge in [-0.1, -0.05) is 12.5 Å². The van der Waals surface area contributed by atoms with Gasteiger partial charge in [-0.25, -0.2) is 0 Å². The lowest BCUT2D eigenvalue weighted by Crippen LogP contribution is -2.48. The minimum absolute atomic E-state index is 0.0152. The summed E-state index contributed by atoms with van der Waals surface area (Å²) in [5.74, 6) is 1.18. The Balaban J connectivity index is 1.67. The number of rotatable bonds is 4. The van der Waals surface area contributed by atoms with Crippen LogP contribution in [0.2, 0.25) is 0 Å². The fraction of sp³-hybridized carbons (Fsp3) is 0.632. The number of likely N-dealkylation sites (tertiary alicyclic amines) is 2. The van der Waals surface area contributed by atoms with E-state index in [0.717, 1.165) is 25.9 Å². The summed E-state index contributed by atoms with van der Waals surface area (Å²) in [6, 6.07) is 6.11. The molecule has 5 heteroatoms. The van der Waals surface area contributed by atoms with Gasteiger partial charge in [-0.3, -0.25) is 4.79 Å². The lowest BCUT2D eigenvalue weighted by molar-refractivity contribution is 0.0584. The lowest BCUT2D eigenvalue weighted by atomic mass is 9.99. The standard InChI is InChI=1S/C19H28N2O3/c1-23-16-7-6-8-17(24-2)18(16)19(22)21-13-9-15(10-14-21)20-11-4-3-5-12-20/h6-8,15H,3-5,9-14H2,1-2H3. The average Bonchev–Trinajstić information content (AvgIpc) is 2.67. The van der Waals surface area contributed by atoms with Crippen LogP contribution in [-0.2, 0) is 0 Å². The molecule has 1 aromatic carbocycles. The van der Waals surface area contributed by atoms with Crippen LogP contribution in [0, 0.1) is 0 Å². The molecule has 0 bridgehead atoms. The molecule has 1 aromatic rings. The van der Waals surface area contributed by atoms with Crippen LogP contribution in [0.25, 0.3) is 0 Å². The third kappa shape index (κ3) is 3.51. The number of carbonyl (C=O) groups is 1. The molecule has 2 fully saturated rings. The largest absolute Gasteiger partial charge is 0.496 e. The first-order chi connectivity index (χ1) is 11.7. The normalized spacial score (nSPS) is 20.0. The van der Waals surface area contributed by atoms with E-state index in [1.807, 2.05) is 23.1 Å². The second kappa shape index (κ2) is 7.88. The molecule has 0 unspecified atom stereocenters. The molecule has 0 saturated carbocycles. The van der Waals surface area contributed by atoms with Crippen LogP contribution in [0.3, 0.4) is 0 Å². The molecule has 5 nitrogen and oxygen atoms in total. The van der Waals surface area contributed by atoms with Crippen molar-refractivity contribution in [2.24, 2.45) is 0 Å². The molecule has 0 spiro atoms. The molecule has 1 amide bonds. The molecule has 2 saturated heterocycles. The molecule has 0 N–H and O–H groups in total. The first-order valence-electron chi connectivity index (χ1n) is 8.99. The summed E-state index contributed by atoms with van der Waals surface area (Å²) in [6.45, 7) is 4.06. The minimum Gasteiger partial charge on any atom is -0.496 e. The summed E-state index contributed by atoms with van der Waals surface area (Å²) < 4.78 is 10.8. The molecule has 3 rings (SSSR count). The van der Waals surface area contributed by atoms with Gasteiger partial charge in [0.2, 0.25) is 0 Å². The highest BCUT2D eigenvalue weighted by molar-refractivity contribution is 5.99. The van der Waals surface area contributed by atoms with E-state index in [-0.39, 0.29) is 5.91 Å². The maximum atomic E-state index is 13.0. The van der Waals surface area contributed by atoms with Gasteiger partial charge < -0.3 is 19.3 Å². The Morgan fingerprint density at radius 3 is 2.08 bits per heavy atom. The molecule has 0 aromatic heterocycles. The predicted molar refractivity (Wildman–Crippen MR) is 93.9 cm³/mol. The van der Waals surface area contributed by atoms with Crippen LogP contribution in [0.5, 0.6) is 11.5 Å². The Morgan fingerprint density at radius 2 is 1.54 bits per heavy atom. The van der Waals surface area contributed by atoms with E-state index >= 15 is 0 Å². The van der Waals surface area contributed by atoms with Crippen molar-refractivity contribution in [1.29, 1.82) is 0 Å². The van der Waals surface area contributed by atoms with Gasteiger partial charge in [0.25, 0.3) is 5.91 Å². The highest BCUT2D eigenvalue weighted by Gasteiger charge is 2.30. The van der Waals surface area contributed by atoms with E-state index in [1.165, 1.54) is 32.4 Å². The number of methoxy groups -OCH3 is 2. The molecular weight excluding hydrogens is 304 g/mol. The van der Waals surface area contributed by atoms with Gasteiger partial charge in [0.1, 0.15) is 17.1 Å². The molecule has 2 aliphatic rings. The smallest absolute Gasteiger partial charge is 0.261 e. The number of ether oxygens (including phenoxy) is 2. The van der Waals surface area contributed by atoms with Crippen LogP contribution >= 0.6 is 0 Å². The summed E-state index contributed by atoms with van der Waals surface area (Å²) in [7, 11) is 3.18. The van der Waals surface area contributed by atoms with Crippen molar-refractivity contribution < 1.29 is 14.3 Å². The quantitative estimate of drug-likeness (QED) is 0.850. The SMILES string of the molecule is COc1cccc(OC)c1C(=O)N1CCC(N2CCCCC2)CC1. The molecule has 2 aliphatic heterocycles. The molecule has 0 aliphatic carbocycles. The van der Waals surface area contributed by atoms with Crippen molar-refractivity contribution in [3.8, 4) is 11.5 Å². The van der Waals surface area contributed by atoms with Crippen LogP contribution in [0.1, 0.15) is 42.5 Å². The van der Waals surface area contributed by atoms with Crippen molar-refractivity contribution in [2.75, 3.05) is 40.4 Å². The molecule has 132 valence electrons. The van der Waals surface area contributed by atoms with Gasteiger partial charge >= 0.3 is 0 Å². The summed E-state index contributed by atoms with van der Waals surface area (Å²) >= 11 is 0. The van der Waals surface area contributed by atoms with Gasteiger partial charge in [-0.2, -0.15) is 0 Å². The van der Waals surface area contributed by atoms with Crippen LogP contribution < -0.4 is 9.47 Å². The Labute approximate surface area is 144 Å². The first kappa shape index (κ1) is 17.1. The summed E-state index contributed by atoms with van der Waals surface area (Å²) in [5, 5.41) is 0. The van der Waals surface area contributed by atoms with E-state index < -0.39 is 0 Å². The third-order valence-electron chi connectivity index (χ3n) is 5.30. The summed E-state index contributed by atoms with van der Waals surface area (Å²) in [4.78, 5) is 17.6. The topological polar surface area (TPSA) is 42.0 Å². The number of carbonyl (C=O) groups excluding carboxylic acids is 1. The molecule has 24 heavy (non-hydrogen) atoms. The average molecular weight is 332 g/mol. The first-order valence-corrected chi connectivity index (χ1v) is 8.99. The molecule has 0 atom stereocenters. The van der Waals surface area contributed by atoms with Gasteiger partial charge in [0.15, 0.2) is 0 Å². The molecular formula is C19H28N2O3. The second-order valence-corrected chi connectivity index (χ2v) is 6.66. The number of benzene rings is 1. The minimum atomic E-state index is 0.0152. The monoisotopic (exact) mass is 332 g/mol. The maximum absolute atomic E-state index is 13.0. The van der Waals surface area contributed by atoms with Gasteiger partial charge in [-0.15, -0.1) is 0 Å². The Kier molecular flexibility index (Phi) is 5.61. The van der Waals surface area contributed by atoms with Crippen molar-refractivity contribution in [3.05, 3.63) is 23.8 Å². The van der Waals surface area contributed by atoms with Crippen molar-refractivity contribution in [1.82, 2.24) is 9.80 Å². The molecule has 0 radical (unpaired) electrons. The second-order valence-electron chi connectivity index (χ2n) is 6.66. The van der Waals surface area contributed by atoms with Gasteiger partial charge in [0.05, 0.1) is 14.2 Å².